The number of hydrogen-bond acceptors (Lipinski definition) is 2. The Morgan fingerprint density at radius 2 is 2.06 bits per heavy atom. The number of halogens is 1. The van der Waals surface area contributed by atoms with Crippen molar-refractivity contribution in [3.05, 3.63) is 36.5 Å². The molecule has 0 spiro atoms. The average Bonchev–Trinajstić information content (AvgIpc) is 2.39. The lowest BCUT2D eigenvalue weighted by atomic mass is 10.2. The summed E-state index contributed by atoms with van der Waals surface area (Å²) in [5.74, 6) is 0.613. The lowest BCUT2D eigenvalue weighted by molar-refractivity contribution is -0.116. The molecule has 18 heavy (non-hydrogen) atoms. The standard InChI is InChI=1S/C14H15ClN2O/c15-9-2-1-8-13(18)17-12-7-3-5-11-6-4-10-16-14(11)12/h3-7,10H,1-2,8-9H2,(H,17,18). The van der Waals surface area contributed by atoms with Gasteiger partial charge in [0.25, 0.3) is 0 Å². The maximum Gasteiger partial charge on any atom is 0.224 e. The van der Waals surface area contributed by atoms with E-state index in [1.165, 1.54) is 0 Å². The molecule has 0 saturated carbocycles. The first kappa shape index (κ1) is 12.8. The van der Waals surface area contributed by atoms with Crippen LogP contribution < -0.4 is 5.32 Å². The van der Waals surface area contributed by atoms with Crippen molar-refractivity contribution in [3.8, 4) is 0 Å². The second-order valence-electron chi connectivity index (χ2n) is 4.07. The molecule has 0 radical (unpaired) electrons. The van der Waals surface area contributed by atoms with Crippen LogP contribution in [0, 0.1) is 0 Å². The molecule has 1 N–H and O–H groups in total. The summed E-state index contributed by atoms with van der Waals surface area (Å²) in [7, 11) is 0. The molecular weight excluding hydrogens is 248 g/mol. The van der Waals surface area contributed by atoms with Crippen LogP contribution in [0.3, 0.4) is 0 Å². The number of carbonyl (C=O) groups is 1. The molecule has 1 aromatic heterocycles. The Bertz CT molecular complexity index is 537. The molecule has 1 amide bonds. The van der Waals surface area contributed by atoms with Gasteiger partial charge in [0.2, 0.25) is 5.91 Å². The molecule has 1 heterocycles. The Kier molecular flexibility index (Phi) is 4.53. The molecule has 2 rings (SSSR count). The van der Waals surface area contributed by atoms with E-state index in [9.17, 15) is 4.79 Å². The van der Waals surface area contributed by atoms with Crippen LogP contribution in [0.2, 0.25) is 0 Å². The van der Waals surface area contributed by atoms with Gasteiger partial charge >= 0.3 is 0 Å². The predicted octanol–water partition coefficient (Wildman–Crippen LogP) is 3.58. The number of alkyl halides is 1. The summed E-state index contributed by atoms with van der Waals surface area (Å²) in [6.45, 7) is 0. The van der Waals surface area contributed by atoms with Crippen LogP contribution in [0.1, 0.15) is 19.3 Å². The fraction of sp³-hybridized carbons (Fsp3) is 0.286. The topological polar surface area (TPSA) is 42.0 Å². The van der Waals surface area contributed by atoms with Crippen molar-refractivity contribution in [1.82, 2.24) is 4.98 Å². The number of anilines is 1. The van der Waals surface area contributed by atoms with E-state index in [1.807, 2.05) is 30.3 Å². The fourth-order valence-corrected chi connectivity index (χ4v) is 1.99. The van der Waals surface area contributed by atoms with E-state index in [2.05, 4.69) is 10.3 Å². The molecule has 0 saturated heterocycles. The number of nitrogens with one attached hydrogen (secondary N) is 1. The fourth-order valence-electron chi connectivity index (χ4n) is 1.80. The van der Waals surface area contributed by atoms with Gasteiger partial charge in [0.1, 0.15) is 0 Å². The summed E-state index contributed by atoms with van der Waals surface area (Å²) < 4.78 is 0. The average molecular weight is 263 g/mol. The number of carbonyl (C=O) groups excluding carboxylic acids is 1. The highest BCUT2D eigenvalue weighted by molar-refractivity contribution is 6.17. The van der Waals surface area contributed by atoms with Gasteiger partial charge in [-0.1, -0.05) is 18.2 Å². The first-order valence-corrected chi connectivity index (χ1v) is 6.54. The zero-order valence-electron chi connectivity index (χ0n) is 10.0. The maximum atomic E-state index is 11.7. The molecule has 0 unspecified atom stereocenters. The number of hydrogen-bond donors (Lipinski definition) is 1. The van der Waals surface area contributed by atoms with Crippen LogP contribution in [-0.2, 0) is 4.79 Å². The minimum atomic E-state index is 0.0123. The molecule has 0 fully saturated rings. The molecule has 3 nitrogen and oxygen atoms in total. The van der Waals surface area contributed by atoms with Gasteiger partial charge in [-0.25, -0.2) is 0 Å². The molecule has 1 aromatic carbocycles. The minimum Gasteiger partial charge on any atom is -0.324 e. The van der Waals surface area contributed by atoms with Crippen molar-refractivity contribution >= 4 is 34.1 Å². The summed E-state index contributed by atoms with van der Waals surface area (Å²) in [6, 6.07) is 9.62. The van der Waals surface area contributed by atoms with Gasteiger partial charge in [0.15, 0.2) is 0 Å². The van der Waals surface area contributed by atoms with Crippen LogP contribution in [0.15, 0.2) is 36.5 Å². The van der Waals surface area contributed by atoms with Gasteiger partial charge in [-0.3, -0.25) is 9.78 Å². The normalized spacial score (nSPS) is 10.5. The number of nitrogens with zero attached hydrogens (tertiary/aromatic N) is 1. The summed E-state index contributed by atoms with van der Waals surface area (Å²) in [5, 5.41) is 3.92. The van der Waals surface area contributed by atoms with Crippen LogP contribution in [0.4, 0.5) is 5.69 Å². The molecule has 0 aliphatic heterocycles. The minimum absolute atomic E-state index is 0.0123. The molecule has 0 aliphatic rings. The third-order valence-corrected chi connectivity index (χ3v) is 2.96. The number of aromatic nitrogens is 1. The van der Waals surface area contributed by atoms with Crippen molar-refractivity contribution < 1.29 is 4.79 Å². The Morgan fingerprint density at radius 3 is 2.89 bits per heavy atom. The van der Waals surface area contributed by atoms with Crippen LogP contribution in [0.25, 0.3) is 10.9 Å². The van der Waals surface area contributed by atoms with Gasteiger partial charge in [0, 0.05) is 23.9 Å². The van der Waals surface area contributed by atoms with E-state index in [0.29, 0.717) is 12.3 Å². The number of unbranched alkanes of at least 4 members (excludes halogenated alkanes) is 1. The van der Waals surface area contributed by atoms with E-state index in [1.54, 1.807) is 6.20 Å². The number of amides is 1. The van der Waals surface area contributed by atoms with Gasteiger partial charge in [0.05, 0.1) is 11.2 Å². The number of fused-ring (bicyclic) bond motifs is 1. The third kappa shape index (κ3) is 3.20. The molecule has 0 atom stereocenters. The maximum absolute atomic E-state index is 11.7. The Morgan fingerprint density at radius 1 is 1.22 bits per heavy atom. The molecule has 4 heteroatoms. The number of rotatable bonds is 5. The zero-order chi connectivity index (χ0) is 12.8. The lowest BCUT2D eigenvalue weighted by Crippen LogP contribution is -2.11. The first-order valence-electron chi connectivity index (χ1n) is 6.01. The molecule has 0 aliphatic carbocycles. The van der Waals surface area contributed by atoms with E-state index in [0.717, 1.165) is 29.4 Å². The van der Waals surface area contributed by atoms with Crippen molar-refractivity contribution in [1.29, 1.82) is 0 Å². The van der Waals surface area contributed by atoms with Crippen molar-refractivity contribution in [2.24, 2.45) is 0 Å². The highest BCUT2D eigenvalue weighted by atomic mass is 35.5. The second-order valence-corrected chi connectivity index (χ2v) is 4.45. The quantitative estimate of drug-likeness (QED) is 0.661. The van der Waals surface area contributed by atoms with E-state index in [4.69, 9.17) is 11.6 Å². The zero-order valence-corrected chi connectivity index (χ0v) is 10.8. The Hall–Kier alpha value is -1.61. The highest BCUT2D eigenvalue weighted by Gasteiger charge is 2.05. The number of pyridine rings is 1. The molecule has 0 bridgehead atoms. The van der Waals surface area contributed by atoms with E-state index < -0.39 is 0 Å². The van der Waals surface area contributed by atoms with Gasteiger partial charge in [-0.15, -0.1) is 11.6 Å². The molecule has 94 valence electrons. The smallest absolute Gasteiger partial charge is 0.224 e. The van der Waals surface area contributed by atoms with Crippen LogP contribution in [-0.4, -0.2) is 16.8 Å². The van der Waals surface area contributed by atoms with Crippen molar-refractivity contribution in [2.75, 3.05) is 11.2 Å². The monoisotopic (exact) mass is 262 g/mol. The highest BCUT2D eigenvalue weighted by Crippen LogP contribution is 2.20. The SMILES string of the molecule is O=C(CCCCCl)Nc1cccc2cccnc12. The first-order chi connectivity index (χ1) is 8.81. The Labute approximate surface area is 111 Å². The Balaban J connectivity index is 2.09. The largest absolute Gasteiger partial charge is 0.324 e. The summed E-state index contributed by atoms with van der Waals surface area (Å²) >= 11 is 5.58. The number of benzene rings is 1. The lowest BCUT2D eigenvalue weighted by Gasteiger charge is -2.07. The third-order valence-electron chi connectivity index (χ3n) is 2.69. The van der Waals surface area contributed by atoms with Gasteiger partial charge in [-0.05, 0) is 25.0 Å². The van der Waals surface area contributed by atoms with Crippen molar-refractivity contribution in [3.63, 3.8) is 0 Å². The van der Waals surface area contributed by atoms with E-state index >= 15 is 0 Å². The van der Waals surface area contributed by atoms with Crippen molar-refractivity contribution in [2.45, 2.75) is 19.3 Å². The predicted molar refractivity (Wildman–Crippen MR) is 74.9 cm³/mol. The number of para-hydroxylation sites is 1. The molecular formula is C14H15ClN2O. The molecule has 2 aromatic rings. The second kappa shape index (κ2) is 6.36. The van der Waals surface area contributed by atoms with Gasteiger partial charge < -0.3 is 5.32 Å². The summed E-state index contributed by atoms with van der Waals surface area (Å²) in [6.07, 6.45) is 3.90. The van der Waals surface area contributed by atoms with Gasteiger partial charge in [-0.2, -0.15) is 0 Å². The van der Waals surface area contributed by atoms with Crippen LogP contribution in [0.5, 0.6) is 0 Å². The summed E-state index contributed by atoms with van der Waals surface area (Å²) in [5.41, 5.74) is 1.59. The summed E-state index contributed by atoms with van der Waals surface area (Å²) in [4.78, 5) is 16.0. The van der Waals surface area contributed by atoms with Crippen LogP contribution >= 0.6 is 11.6 Å². The van der Waals surface area contributed by atoms with E-state index in [-0.39, 0.29) is 5.91 Å².